The molecule has 1 amide bonds. The topological polar surface area (TPSA) is 81.7 Å². The summed E-state index contributed by atoms with van der Waals surface area (Å²) in [6.07, 6.45) is 7.49. The molecule has 0 aliphatic carbocycles. The zero-order chi connectivity index (χ0) is 22.1. The van der Waals surface area contributed by atoms with Crippen LogP contribution >= 0.6 is 0 Å². The Kier molecular flexibility index (Phi) is 5.43. The zero-order valence-electron chi connectivity index (χ0n) is 18.4. The molecule has 1 fully saturated rings. The van der Waals surface area contributed by atoms with Crippen LogP contribution in [0.15, 0.2) is 55.0 Å². The second kappa shape index (κ2) is 8.53. The Labute approximate surface area is 186 Å². The number of fused-ring (bicyclic) bond motifs is 1. The largest absolute Gasteiger partial charge is 0.339 e. The normalized spacial score (nSPS) is 15.0. The van der Waals surface area contributed by atoms with Crippen LogP contribution in [0.2, 0.25) is 0 Å². The Morgan fingerprint density at radius 3 is 2.69 bits per heavy atom. The van der Waals surface area contributed by atoms with Gasteiger partial charge in [0.25, 0.3) is 5.91 Å². The molecule has 0 radical (unpaired) electrons. The molecule has 0 spiro atoms. The van der Waals surface area contributed by atoms with Gasteiger partial charge in [0.2, 0.25) is 0 Å². The van der Waals surface area contributed by atoms with E-state index >= 15 is 0 Å². The number of carbonyl (C=O) groups is 1. The molecule has 8 heteroatoms. The zero-order valence-corrected chi connectivity index (χ0v) is 18.4. The number of piperidine rings is 1. The van der Waals surface area contributed by atoms with E-state index in [0.717, 1.165) is 48.5 Å². The van der Waals surface area contributed by atoms with E-state index in [1.165, 1.54) is 0 Å². The summed E-state index contributed by atoms with van der Waals surface area (Å²) in [5.74, 6) is 1.47. The van der Waals surface area contributed by atoms with Gasteiger partial charge in [-0.05, 0) is 57.0 Å². The van der Waals surface area contributed by atoms with Crippen LogP contribution in [-0.4, -0.2) is 53.4 Å². The van der Waals surface area contributed by atoms with E-state index in [0.29, 0.717) is 18.0 Å². The van der Waals surface area contributed by atoms with Crippen molar-refractivity contribution in [1.29, 1.82) is 0 Å². The lowest BCUT2D eigenvalue weighted by atomic mass is 9.95. The van der Waals surface area contributed by atoms with Crippen LogP contribution in [0, 0.1) is 0 Å². The lowest BCUT2D eigenvalue weighted by molar-refractivity contribution is 0.0710. The van der Waals surface area contributed by atoms with Crippen LogP contribution in [0.1, 0.15) is 60.5 Å². The minimum Gasteiger partial charge on any atom is -0.339 e. The summed E-state index contributed by atoms with van der Waals surface area (Å²) in [7, 11) is 0. The van der Waals surface area contributed by atoms with Gasteiger partial charge in [-0.2, -0.15) is 0 Å². The van der Waals surface area contributed by atoms with Gasteiger partial charge in [-0.25, -0.2) is 9.67 Å². The SMILES string of the molecule is CC(C)n1nnc2cc(C(=O)N3CCC(c4nccn4Cc4ccccn4)CC3)ccc21. The van der Waals surface area contributed by atoms with Gasteiger partial charge in [-0.3, -0.25) is 9.78 Å². The Hall–Kier alpha value is -3.55. The van der Waals surface area contributed by atoms with E-state index in [2.05, 4.69) is 38.7 Å². The van der Waals surface area contributed by atoms with Gasteiger partial charge in [-0.15, -0.1) is 5.10 Å². The highest BCUT2D eigenvalue weighted by Gasteiger charge is 2.27. The molecule has 32 heavy (non-hydrogen) atoms. The van der Waals surface area contributed by atoms with Gasteiger partial charge in [0.05, 0.1) is 17.8 Å². The van der Waals surface area contributed by atoms with Crippen LogP contribution in [0.25, 0.3) is 11.0 Å². The molecule has 0 N–H and O–H groups in total. The summed E-state index contributed by atoms with van der Waals surface area (Å²) in [6.45, 7) is 6.29. The number of benzene rings is 1. The molecule has 4 heterocycles. The number of amides is 1. The number of imidazole rings is 1. The number of likely N-dealkylation sites (tertiary alicyclic amines) is 1. The summed E-state index contributed by atoms with van der Waals surface area (Å²) >= 11 is 0. The van der Waals surface area contributed by atoms with Gasteiger partial charge in [-0.1, -0.05) is 11.3 Å². The van der Waals surface area contributed by atoms with Gasteiger partial charge < -0.3 is 9.47 Å². The predicted octanol–water partition coefficient (Wildman–Crippen LogP) is 3.67. The number of hydrogen-bond acceptors (Lipinski definition) is 5. The maximum atomic E-state index is 13.1. The molecule has 5 rings (SSSR count). The molecule has 0 saturated carbocycles. The van der Waals surface area contributed by atoms with Gasteiger partial charge in [0.15, 0.2) is 0 Å². The number of hydrogen-bond donors (Lipinski definition) is 0. The van der Waals surface area contributed by atoms with E-state index in [1.807, 2.05) is 64.6 Å². The molecule has 0 unspecified atom stereocenters. The molecule has 3 aromatic heterocycles. The smallest absolute Gasteiger partial charge is 0.253 e. The summed E-state index contributed by atoms with van der Waals surface area (Å²) in [4.78, 5) is 24.1. The Morgan fingerprint density at radius 2 is 1.94 bits per heavy atom. The van der Waals surface area contributed by atoms with Crippen LogP contribution in [0.5, 0.6) is 0 Å². The monoisotopic (exact) mass is 429 g/mol. The lowest BCUT2D eigenvalue weighted by Crippen LogP contribution is -2.38. The molecular weight excluding hydrogens is 402 g/mol. The van der Waals surface area contributed by atoms with Crippen molar-refractivity contribution in [1.82, 2.24) is 34.4 Å². The maximum absolute atomic E-state index is 13.1. The van der Waals surface area contributed by atoms with Crippen LogP contribution < -0.4 is 0 Å². The molecule has 4 aromatic rings. The molecule has 0 bridgehead atoms. The number of rotatable bonds is 5. The molecule has 164 valence electrons. The molecule has 1 aromatic carbocycles. The van der Waals surface area contributed by atoms with Gasteiger partial charge in [0.1, 0.15) is 11.3 Å². The summed E-state index contributed by atoms with van der Waals surface area (Å²) in [6, 6.07) is 11.9. The van der Waals surface area contributed by atoms with Crippen LogP contribution in [0.4, 0.5) is 0 Å². The maximum Gasteiger partial charge on any atom is 0.253 e. The molecule has 1 aliphatic rings. The summed E-state index contributed by atoms with van der Waals surface area (Å²) in [5.41, 5.74) is 3.40. The fraction of sp³-hybridized carbons (Fsp3) is 0.375. The van der Waals surface area contributed by atoms with E-state index in [1.54, 1.807) is 0 Å². The minimum absolute atomic E-state index is 0.0567. The van der Waals surface area contributed by atoms with Crippen molar-refractivity contribution in [2.45, 2.75) is 45.2 Å². The fourth-order valence-electron chi connectivity index (χ4n) is 4.46. The Balaban J connectivity index is 1.26. The third-order valence-electron chi connectivity index (χ3n) is 6.16. The number of carbonyl (C=O) groups excluding carboxylic acids is 1. The van der Waals surface area contributed by atoms with Crippen molar-refractivity contribution in [2.24, 2.45) is 0 Å². The lowest BCUT2D eigenvalue weighted by Gasteiger charge is -2.32. The van der Waals surface area contributed by atoms with E-state index in [4.69, 9.17) is 0 Å². The Morgan fingerprint density at radius 1 is 1.09 bits per heavy atom. The van der Waals surface area contributed by atoms with Crippen molar-refractivity contribution < 1.29 is 4.79 Å². The average Bonchev–Trinajstić information content (AvgIpc) is 3.46. The fourth-order valence-corrected chi connectivity index (χ4v) is 4.46. The number of nitrogens with zero attached hydrogens (tertiary/aromatic N) is 7. The molecular formula is C24H27N7O. The first kappa shape index (κ1) is 20.4. The van der Waals surface area contributed by atoms with E-state index < -0.39 is 0 Å². The van der Waals surface area contributed by atoms with E-state index in [9.17, 15) is 4.79 Å². The predicted molar refractivity (Wildman–Crippen MR) is 121 cm³/mol. The highest BCUT2D eigenvalue weighted by Crippen LogP contribution is 2.28. The second-order valence-electron chi connectivity index (χ2n) is 8.63. The first-order chi connectivity index (χ1) is 15.6. The number of pyridine rings is 1. The van der Waals surface area contributed by atoms with Crippen molar-refractivity contribution in [3.8, 4) is 0 Å². The highest BCUT2D eigenvalue weighted by atomic mass is 16.2. The summed E-state index contributed by atoms with van der Waals surface area (Å²) < 4.78 is 4.05. The van der Waals surface area contributed by atoms with Crippen LogP contribution in [0.3, 0.4) is 0 Å². The third kappa shape index (κ3) is 3.88. The molecule has 8 nitrogen and oxygen atoms in total. The van der Waals surface area contributed by atoms with Crippen molar-refractivity contribution >= 4 is 16.9 Å². The molecule has 1 saturated heterocycles. The van der Waals surface area contributed by atoms with E-state index in [-0.39, 0.29) is 11.9 Å². The van der Waals surface area contributed by atoms with Crippen LogP contribution in [-0.2, 0) is 6.54 Å². The van der Waals surface area contributed by atoms with Gasteiger partial charge in [0, 0.05) is 49.2 Å². The highest BCUT2D eigenvalue weighted by molar-refractivity contribution is 5.97. The molecule has 1 aliphatic heterocycles. The average molecular weight is 430 g/mol. The minimum atomic E-state index is 0.0567. The Bertz CT molecular complexity index is 1220. The van der Waals surface area contributed by atoms with Crippen molar-refractivity contribution in [3.05, 3.63) is 72.1 Å². The number of aromatic nitrogens is 6. The molecule has 0 atom stereocenters. The summed E-state index contributed by atoms with van der Waals surface area (Å²) in [5, 5.41) is 8.46. The second-order valence-corrected chi connectivity index (χ2v) is 8.63. The standard InChI is InChI=1S/C24H27N7O/c1-17(2)31-22-7-6-19(15-21(22)27-28-31)24(32)29-12-8-18(9-13-29)23-26-11-14-30(23)16-20-5-3-4-10-25-20/h3-7,10-11,14-15,17-18H,8-9,12-13,16H2,1-2H3. The van der Waals surface area contributed by atoms with Gasteiger partial charge >= 0.3 is 0 Å². The first-order valence-electron chi connectivity index (χ1n) is 11.2. The van der Waals surface area contributed by atoms with Crippen molar-refractivity contribution in [3.63, 3.8) is 0 Å². The first-order valence-corrected chi connectivity index (χ1v) is 11.2. The third-order valence-corrected chi connectivity index (χ3v) is 6.16. The van der Waals surface area contributed by atoms with Crippen molar-refractivity contribution in [2.75, 3.05) is 13.1 Å². The quantitative estimate of drug-likeness (QED) is 0.483.